The van der Waals surface area contributed by atoms with Crippen molar-refractivity contribution in [1.29, 1.82) is 0 Å². The zero-order valence-corrected chi connectivity index (χ0v) is 13.8. The Balaban J connectivity index is 1.58. The van der Waals surface area contributed by atoms with E-state index in [9.17, 15) is 9.50 Å². The van der Waals surface area contributed by atoms with Crippen LogP contribution in [0.1, 0.15) is 13.8 Å². The molecule has 3 rings (SSSR count). The number of hydrogen-bond acceptors (Lipinski definition) is 6. The van der Waals surface area contributed by atoms with Crippen molar-refractivity contribution in [1.82, 2.24) is 25.1 Å². The van der Waals surface area contributed by atoms with Gasteiger partial charge in [-0.1, -0.05) is 12.1 Å². The van der Waals surface area contributed by atoms with Gasteiger partial charge in [0.2, 0.25) is 5.82 Å². The van der Waals surface area contributed by atoms with E-state index in [4.69, 9.17) is 4.74 Å². The van der Waals surface area contributed by atoms with Crippen molar-refractivity contribution in [2.75, 3.05) is 19.6 Å². The van der Waals surface area contributed by atoms with Crippen LogP contribution in [0.3, 0.4) is 0 Å². The summed E-state index contributed by atoms with van der Waals surface area (Å²) < 4.78 is 18.9. The molecule has 1 N–H and O–H groups in total. The SMILES string of the molecule is C[C@@H]1CN(C[C@@H](O)Cn2nnc(-c3cccc(F)c3)n2)C[C@@H](C)O1. The topological polar surface area (TPSA) is 76.3 Å². The van der Waals surface area contributed by atoms with Gasteiger partial charge in [0, 0.05) is 25.2 Å². The summed E-state index contributed by atoms with van der Waals surface area (Å²) in [5, 5.41) is 22.3. The smallest absolute Gasteiger partial charge is 0.205 e. The monoisotopic (exact) mass is 335 g/mol. The fraction of sp³-hybridized carbons (Fsp3) is 0.562. The molecule has 1 aliphatic rings. The van der Waals surface area contributed by atoms with Crippen LogP contribution >= 0.6 is 0 Å². The van der Waals surface area contributed by atoms with Gasteiger partial charge in [-0.3, -0.25) is 4.90 Å². The van der Waals surface area contributed by atoms with Gasteiger partial charge in [-0.15, -0.1) is 10.2 Å². The maximum absolute atomic E-state index is 13.3. The summed E-state index contributed by atoms with van der Waals surface area (Å²) in [7, 11) is 0. The highest BCUT2D eigenvalue weighted by molar-refractivity contribution is 5.53. The van der Waals surface area contributed by atoms with Crippen LogP contribution in [0, 0.1) is 5.82 Å². The summed E-state index contributed by atoms with van der Waals surface area (Å²) in [5.41, 5.74) is 0.562. The Morgan fingerprint density at radius 1 is 1.29 bits per heavy atom. The molecule has 0 saturated carbocycles. The lowest BCUT2D eigenvalue weighted by atomic mass is 10.2. The van der Waals surface area contributed by atoms with Gasteiger partial charge in [-0.05, 0) is 31.2 Å². The summed E-state index contributed by atoms with van der Waals surface area (Å²) in [5.74, 6) is -0.00485. The lowest BCUT2D eigenvalue weighted by molar-refractivity contribution is -0.0776. The highest BCUT2D eigenvalue weighted by Gasteiger charge is 2.24. The molecule has 0 radical (unpaired) electrons. The van der Waals surface area contributed by atoms with Crippen LogP contribution in [0.25, 0.3) is 11.4 Å². The molecule has 0 amide bonds. The Labute approximate surface area is 140 Å². The fourth-order valence-electron chi connectivity index (χ4n) is 3.04. The van der Waals surface area contributed by atoms with E-state index in [0.717, 1.165) is 13.1 Å². The number of aromatic nitrogens is 4. The Bertz CT molecular complexity index is 670. The van der Waals surface area contributed by atoms with E-state index < -0.39 is 6.10 Å². The quantitative estimate of drug-likeness (QED) is 0.877. The number of aliphatic hydroxyl groups is 1. The molecule has 24 heavy (non-hydrogen) atoms. The number of hydrogen-bond donors (Lipinski definition) is 1. The maximum Gasteiger partial charge on any atom is 0.205 e. The average Bonchev–Trinajstić information content (AvgIpc) is 2.94. The molecule has 1 saturated heterocycles. The summed E-state index contributed by atoms with van der Waals surface area (Å²) in [6.07, 6.45) is -0.299. The third-order valence-corrected chi connectivity index (χ3v) is 3.87. The molecule has 0 bridgehead atoms. The summed E-state index contributed by atoms with van der Waals surface area (Å²) in [6.45, 7) is 6.40. The number of halogens is 1. The third kappa shape index (κ3) is 4.34. The number of nitrogens with zero attached hydrogens (tertiary/aromatic N) is 5. The molecule has 0 spiro atoms. The molecule has 0 aliphatic carbocycles. The van der Waals surface area contributed by atoms with E-state index >= 15 is 0 Å². The third-order valence-electron chi connectivity index (χ3n) is 3.87. The maximum atomic E-state index is 13.3. The number of ether oxygens (including phenoxy) is 1. The molecule has 1 aromatic heterocycles. The summed E-state index contributed by atoms with van der Waals surface area (Å²) in [6, 6.07) is 6.04. The predicted molar refractivity (Wildman–Crippen MR) is 85.7 cm³/mol. The molecule has 7 nitrogen and oxygen atoms in total. The minimum Gasteiger partial charge on any atom is -0.390 e. The zero-order chi connectivity index (χ0) is 17.1. The first-order valence-corrected chi connectivity index (χ1v) is 8.09. The van der Waals surface area contributed by atoms with Crippen LogP contribution < -0.4 is 0 Å². The van der Waals surface area contributed by atoms with Crippen molar-refractivity contribution >= 4 is 0 Å². The Hall–Kier alpha value is -1.90. The van der Waals surface area contributed by atoms with Crippen LogP contribution in [-0.2, 0) is 11.3 Å². The van der Waals surface area contributed by atoms with Crippen molar-refractivity contribution in [3.05, 3.63) is 30.1 Å². The number of aliphatic hydroxyl groups excluding tert-OH is 1. The Morgan fingerprint density at radius 3 is 2.75 bits per heavy atom. The van der Waals surface area contributed by atoms with E-state index in [0.29, 0.717) is 17.9 Å². The number of benzene rings is 1. The standard InChI is InChI=1S/C16H22FN5O2/c1-11-7-21(8-12(2)24-11)9-15(23)10-22-19-16(18-20-22)13-4-3-5-14(17)6-13/h3-6,11-12,15,23H,7-10H2,1-2H3/t11-,12-,15-/m1/s1. The number of β-amino-alcohol motifs (C(OH)–C–C–N with tert-alkyl or cyclic N) is 1. The molecule has 8 heteroatoms. The minimum absolute atomic E-state index is 0.157. The second-order valence-corrected chi connectivity index (χ2v) is 6.31. The van der Waals surface area contributed by atoms with Crippen molar-refractivity contribution in [3.8, 4) is 11.4 Å². The normalized spacial score (nSPS) is 23.3. The van der Waals surface area contributed by atoms with Gasteiger partial charge < -0.3 is 9.84 Å². The molecule has 2 heterocycles. The molecular formula is C16H22FN5O2. The van der Waals surface area contributed by atoms with Crippen LogP contribution in [0.2, 0.25) is 0 Å². The van der Waals surface area contributed by atoms with E-state index in [1.165, 1.54) is 16.9 Å². The molecule has 0 unspecified atom stereocenters. The van der Waals surface area contributed by atoms with E-state index in [1.807, 2.05) is 13.8 Å². The Kier molecular flexibility index (Phi) is 5.17. The van der Waals surface area contributed by atoms with Gasteiger partial charge >= 0.3 is 0 Å². The zero-order valence-electron chi connectivity index (χ0n) is 13.8. The van der Waals surface area contributed by atoms with Gasteiger partial charge in [0.25, 0.3) is 0 Å². The van der Waals surface area contributed by atoms with Gasteiger partial charge in [0.05, 0.1) is 24.9 Å². The molecular weight excluding hydrogens is 313 g/mol. The first kappa shape index (κ1) is 16.9. The molecule has 1 aliphatic heterocycles. The molecule has 1 aromatic carbocycles. The van der Waals surface area contributed by atoms with Gasteiger partial charge in [-0.2, -0.15) is 4.80 Å². The predicted octanol–water partition coefficient (Wildman–Crippen LogP) is 0.949. The van der Waals surface area contributed by atoms with Crippen molar-refractivity contribution < 1.29 is 14.2 Å². The average molecular weight is 335 g/mol. The van der Waals surface area contributed by atoms with Crippen molar-refractivity contribution in [2.45, 2.75) is 38.7 Å². The lowest BCUT2D eigenvalue weighted by Gasteiger charge is -2.36. The second kappa shape index (κ2) is 7.33. The van der Waals surface area contributed by atoms with Gasteiger partial charge in [0.15, 0.2) is 0 Å². The fourth-order valence-corrected chi connectivity index (χ4v) is 3.04. The van der Waals surface area contributed by atoms with Crippen molar-refractivity contribution in [2.24, 2.45) is 0 Å². The number of rotatable bonds is 5. The van der Waals surface area contributed by atoms with Crippen LogP contribution in [0.4, 0.5) is 4.39 Å². The minimum atomic E-state index is -0.614. The lowest BCUT2D eigenvalue weighted by Crippen LogP contribution is -2.48. The summed E-state index contributed by atoms with van der Waals surface area (Å²) >= 11 is 0. The molecule has 1 fully saturated rings. The highest BCUT2D eigenvalue weighted by atomic mass is 19.1. The van der Waals surface area contributed by atoms with Crippen LogP contribution in [-0.4, -0.2) is 68.2 Å². The first-order valence-electron chi connectivity index (χ1n) is 8.09. The van der Waals surface area contributed by atoms with E-state index in [1.54, 1.807) is 12.1 Å². The van der Waals surface area contributed by atoms with Crippen LogP contribution in [0.5, 0.6) is 0 Å². The van der Waals surface area contributed by atoms with Crippen LogP contribution in [0.15, 0.2) is 24.3 Å². The number of tetrazole rings is 1. The highest BCUT2D eigenvalue weighted by Crippen LogP contribution is 2.15. The largest absolute Gasteiger partial charge is 0.390 e. The summed E-state index contributed by atoms with van der Waals surface area (Å²) in [4.78, 5) is 3.52. The molecule has 3 atom stereocenters. The van der Waals surface area contributed by atoms with Crippen molar-refractivity contribution in [3.63, 3.8) is 0 Å². The second-order valence-electron chi connectivity index (χ2n) is 6.31. The van der Waals surface area contributed by atoms with E-state index in [-0.39, 0.29) is 24.6 Å². The number of morpholine rings is 1. The van der Waals surface area contributed by atoms with E-state index in [2.05, 4.69) is 20.3 Å². The Morgan fingerprint density at radius 2 is 2.04 bits per heavy atom. The first-order chi connectivity index (χ1) is 11.5. The van der Waals surface area contributed by atoms with Gasteiger partial charge in [0.1, 0.15) is 5.82 Å². The molecule has 130 valence electrons. The van der Waals surface area contributed by atoms with Gasteiger partial charge in [-0.25, -0.2) is 4.39 Å². The molecule has 2 aromatic rings.